The highest BCUT2D eigenvalue weighted by molar-refractivity contribution is 6.04. The van der Waals surface area contributed by atoms with E-state index in [9.17, 15) is 9.59 Å². The minimum Gasteiger partial charge on any atom is -0.352 e. The Hall–Kier alpha value is -3.34. The lowest BCUT2D eigenvalue weighted by atomic mass is 10.1. The lowest BCUT2D eigenvalue weighted by molar-refractivity contribution is -0.118. The van der Waals surface area contributed by atoms with Crippen LogP contribution in [-0.4, -0.2) is 11.9 Å². The second-order valence-corrected chi connectivity index (χ2v) is 5.37. The molecule has 0 saturated carbocycles. The number of rotatable bonds is 4. The number of carbonyl (C=O) groups is 2. The van der Waals surface area contributed by atoms with Crippen LogP contribution in [0.3, 0.4) is 0 Å². The first kappa shape index (κ1) is 15.6. The number of nitrogens with two attached hydrogens (primary N) is 1. The quantitative estimate of drug-likeness (QED) is 0.690. The van der Waals surface area contributed by atoms with Gasteiger partial charge in [0.1, 0.15) is 6.04 Å². The Bertz CT molecular complexity index is 873. The molecule has 3 amide bonds. The number of urea groups is 1. The van der Waals surface area contributed by atoms with Gasteiger partial charge >= 0.3 is 6.03 Å². The Morgan fingerprint density at radius 1 is 0.833 bits per heavy atom. The first-order chi connectivity index (χ1) is 11.6. The molecule has 0 spiro atoms. The van der Waals surface area contributed by atoms with E-state index in [0.717, 1.165) is 10.8 Å². The molecule has 120 valence electrons. The van der Waals surface area contributed by atoms with Crippen molar-refractivity contribution >= 4 is 28.4 Å². The van der Waals surface area contributed by atoms with E-state index in [1.165, 1.54) is 0 Å². The van der Waals surface area contributed by atoms with Crippen molar-refractivity contribution in [3.8, 4) is 0 Å². The van der Waals surface area contributed by atoms with E-state index in [1.807, 2.05) is 48.5 Å². The molecule has 0 radical (unpaired) electrons. The van der Waals surface area contributed by atoms with Crippen LogP contribution in [0.2, 0.25) is 0 Å². The normalized spacial score (nSPS) is 11.7. The highest BCUT2D eigenvalue weighted by Crippen LogP contribution is 2.24. The third-order valence-electron chi connectivity index (χ3n) is 3.73. The molecule has 0 aliphatic carbocycles. The molecule has 0 aliphatic heterocycles. The highest BCUT2D eigenvalue weighted by Gasteiger charge is 2.22. The lowest BCUT2D eigenvalue weighted by Crippen LogP contribution is -2.39. The summed E-state index contributed by atoms with van der Waals surface area (Å²) >= 11 is 0. The minimum absolute atomic E-state index is 0.351. The van der Waals surface area contributed by atoms with E-state index in [-0.39, 0.29) is 5.91 Å². The van der Waals surface area contributed by atoms with Gasteiger partial charge in [-0.15, -0.1) is 0 Å². The number of nitrogens with one attached hydrogen (secondary N) is 2. The third-order valence-corrected chi connectivity index (χ3v) is 3.73. The van der Waals surface area contributed by atoms with Crippen LogP contribution in [0, 0.1) is 0 Å². The van der Waals surface area contributed by atoms with Gasteiger partial charge in [0.15, 0.2) is 0 Å². The van der Waals surface area contributed by atoms with Crippen molar-refractivity contribution in [1.29, 1.82) is 0 Å². The van der Waals surface area contributed by atoms with E-state index in [0.29, 0.717) is 11.3 Å². The van der Waals surface area contributed by atoms with Crippen LogP contribution in [0.15, 0.2) is 72.8 Å². The van der Waals surface area contributed by atoms with Crippen LogP contribution < -0.4 is 16.4 Å². The molecule has 24 heavy (non-hydrogen) atoms. The summed E-state index contributed by atoms with van der Waals surface area (Å²) in [7, 11) is 0. The summed E-state index contributed by atoms with van der Waals surface area (Å²) in [6.45, 7) is 0. The van der Waals surface area contributed by atoms with Gasteiger partial charge in [-0.2, -0.15) is 0 Å². The Kier molecular flexibility index (Phi) is 4.43. The molecule has 0 saturated heterocycles. The maximum atomic E-state index is 12.7. The van der Waals surface area contributed by atoms with Crippen molar-refractivity contribution in [3.63, 3.8) is 0 Å². The van der Waals surface area contributed by atoms with Gasteiger partial charge in [0.05, 0.1) is 0 Å². The summed E-state index contributed by atoms with van der Waals surface area (Å²) in [5.74, 6) is -0.351. The number of anilines is 1. The summed E-state index contributed by atoms with van der Waals surface area (Å²) in [6.07, 6.45) is 0. The molecule has 1 unspecified atom stereocenters. The lowest BCUT2D eigenvalue weighted by Gasteiger charge is -2.18. The first-order valence-electron chi connectivity index (χ1n) is 7.54. The van der Waals surface area contributed by atoms with Gasteiger partial charge in [-0.1, -0.05) is 66.7 Å². The maximum Gasteiger partial charge on any atom is 0.313 e. The van der Waals surface area contributed by atoms with Crippen LogP contribution in [0.1, 0.15) is 11.6 Å². The van der Waals surface area contributed by atoms with Gasteiger partial charge < -0.3 is 16.4 Å². The van der Waals surface area contributed by atoms with Crippen LogP contribution in [0.25, 0.3) is 10.8 Å². The van der Waals surface area contributed by atoms with E-state index in [1.54, 1.807) is 24.3 Å². The fraction of sp³-hybridized carbons (Fsp3) is 0.0526. The summed E-state index contributed by atoms with van der Waals surface area (Å²) in [5.41, 5.74) is 6.57. The van der Waals surface area contributed by atoms with Crippen LogP contribution >= 0.6 is 0 Å². The number of hydrogen-bond donors (Lipinski definition) is 3. The molecule has 0 aliphatic rings. The Morgan fingerprint density at radius 3 is 2.25 bits per heavy atom. The molecule has 3 rings (SSSR count). The van der Waals surface area contributed by atoms with Crippen LogP contribution in [0.4, 0.5) is 10.5 Å². The molecule has 3 aromatic carbocycles. The molecule has 3 aromatic rings. The van der Waals surface area contributed by atoms with Gasteiger partial charge in [-0.3, -0.25) is 4.79 Å². The number of fused-ring (bicyclic) bond motifs is 1. The van der Waals surface area contributed by atoms with Gasteiger partial charge in [0.2, 0.25) is 0 Å². The van der Waals surface area contributed by atoms with E-state index in [2.05, 4.69) is 10.6 Å². The predicted molar refractivity (Wildman–Crippen MR) is 94.5 cm³/mol. The monoisotopic (exact) mass is 319 g/mol. The first-order valence-corrected chi connectivity index (χ1v) is 7.54. The van der Waals surface area contributed by atoms with E-state index < -0.39 is 12.1 Å². The highest BCUT2D eigenvalue weighted by atomic mass is 16.2. The molecule has 5 heteroatoms. The fourth-order valence-corrected chi connectivity index (χ4v) is 2.63. The number of primary amides is 1. The molecule has 4 N–H and O–H groups in total. The van der Waals surface area contributed by atoms with Gasteiger partial charge in [0, 0.05) is 11.1 Å². The zero-order valence-corrected chi connectivity index (χ0v) is 12.9. The molecule has 1 atom stereocenters. The van der Waals surface area contributed by atoms with Gasteiger partial charge in [-0.25, -0.2) is 4.79 Å². The molecular formula is C19H17N3O2. The molecule has 0 heterocycles. The van der Waals surface area contributed by atoms with Crippen molar-refractivity contribution in [3.05, 3.63) is 78.4 Å². The average molecular weight is 319 g/mol. The Morgan fingerprint density at radius 2 is 1.50 bits per heavy atom. The van der Waals surface area contributed by atoms with Crippen molar-refractivity contribution in [2.75, 3.05) is 5.32 Å². The molecular weight excluding hydrogens is 302 g/mol. The van der Waals surface area contributed by atoms with Crippen molar-refractivity contribution < 1.29 is 9.59 Å². The van der Waals surface area contributed by atoms with E-state index >= 15 is 0 Å². The summed E-state index contributed by atoms with van der Waals surface area (Å²) in [5, 5.41) is 7.32. The molecule has 0 bridgehead atoms. The standard InChI is InChI=1S/C19H17N3O2/c20-19(24)22-17(14-8-2-1-3-9-14)18(23)21-16-12-6-10-13-7-4-5-11-15(13)16/h1-12,17H,(H,21,23)(H3,20,22,24). The second kappa shape index (κ2) is 6.83. The third kappa shape index (κ3) is 3.35. The number of benzene rings is 3. The average Bonchev–Trinajstić information content (AvgIpc) is 2.60. The van der Waals surface area contributed by atoms with Crippen LogP contribution in [-0.2, 0) is 4.79 Å². The fourth-order valence-electron chi connectivity index (χ4n) is 2.63. The van der Waals surface area contributed by atoms with Gasteiger partial charge in [0.25, 0.3) is 5.91 Å². The Labute approximate surface area is 139 Å². The zero-order valence-electron chi connectivity index (χ0n) is 12.9. The molecule has 0 fully saturated rings. The predicted octanol–water partition coefficient (Wildman–Crippen LogP) is 3.19. The number of carbonyl (C=O) groups excluding carboxylic acids is 2. The molecule has 0 aromatic heterocycles. The smallest absolute Gasteiger partial charge is 0.313 e. The summed E-state index contributed by atoms with van der Waals surface area (Å²) in [4.78, 5) is 24.0. The van der Waals surface area contributed by atoms with Crippen molar-refractivity contribution in [2.24, 2.45) is 5.73 Å². The second-order valence-electron chi connectivity index (χ2n) is 5.37. The van der Waals surface area contributed by atoms with Crippen LogP contribution in [0.5, 0.6) is 0 Å². The van der Waals surface area contributed by atoms with Crippen molar-refractivity contribution in [1.82, 2.24) is 5.32 Å². The summed E-state index contributed by atoms with van der Waals surface area (Å²) in [6, 6.07) is 20.8. The minimum atomic E-state index is -0.859. The topological polar surface area (TPSA) is 84.2 Å². The number of hydrogen-bond acceptors (Lipinski definition) is 2. The Balaban J connectivity index is 1.91. The van der Waals surface area contributed by atoms with Gasteiger partial charge in [-0.05, 0) is 17.0 Å². The number of amides is 3. The van der Waals surface area contributed by atoms with E-state index in [4.69, 9.17) is 5.73 Å². The molecule has 5 nitrogen and oxygen atoms in total. The SMILES string of the molecule is NC(=O)NC(C(=O)Nc1cccc2ccccc12)c1ccccc1. The maximum absolute atomic E-state index is 12.7. The van der Waals surface area contributed by atoms with Crippen molar-refractivity contribution in [2.45, 2.75) is 6.04 Å². The summed E-state index contributed by atoms with van der Waals surface area (Å²) < 4.78 is 0. The zero-order chi connectivity index (χ0) is 16.9. The largest absolute Gasteiger partial charge is 0.352 e.